The number of hydrogen-bond donors (Lipinski definition) is 0. The van der Waals surface area contributed by atoms with E-state index in [0.29, 0.717) is 21.3 Å². The number of rotatable bonds is 8. The molecule has 1 aromatic heterocycles. The first kappa shape index (κ1) is 28.1. The van der Waals surface area contributed by atoms with Gasteiger partial charge >= 0.3 is 0 Å². The summed E-state index contributed by atoms with van der Waals surface area (Å²) in [6.07, 6.45) is 3.61. The van der Waals surface area contributed by atoms with Gasteiger partial charge in [-0.1, -0.05) is 74.6 Å². The standard InChI is InChI=1S/C29H35N5O2S2/c1-5-7-13-33-26(32-16-14-31(6-2)15-17-32)23(20(3)24(19-30)27(33)35)18-25-28(36)34(29(37)38-25)21(4)22-11-9-8-10-12-22/h8-12,18,21H,5-7,13-17H2,1-4H3. The van der Waals surface area contributed by atoms with E-state index in [0.717, 1.165) is 62.5 Å². The first-order valence-electron chi connectivity index (χ1n) is 13.3. The Hall–Kier alpha value is -2.93. The average molecular weight is 550 g/mol. The predicted molar refractivity (Wildman–Crippen MR) is 159 cm³/mol. The summed E-state index contributed by atoms with van der Waals surface area (Å²) in [6.45, 7) is 12.9. The van der Waals surface area contributed by atoms with Crippen molar-refractivity contribution in [2.75, 3.05) is 37.6 Å². The number of unbranched alkanes of at least 4 members (excludes halogenated alkanes) is 1. The number of hydrogen-bond acceptors (Lipinski definition) is 7. The van der Waals surface area contributed by atoms with Crippen LogP contribution in [0, 0.1) is 18.3 Å². The van der Waals surface area contributed by atoms with Crippen molar-refractivity contribution in [3.63, 3.8) is 0 Å². The molecule has 2 aliphatic heterocycles. The first-order chi connectivity index (χ1) is 18.3. The Balaban J connectivity index is 1.83. The summed E-state index contributed by atoms with van der Waals surface area (Å²) in [5, 5.41) is 9.93. The van der Waals surface area contributed by atoms with Crippen LogP contribution in [-0.2, 0) is 11.3 Å². The summed E-state index contributed by atoms with van der Waals surface area (Å²) < 4.78 is 2.27. The predicted octanol–water partition coefficient (Wildman–Crippen LogP) is 4.93. The molecule has 0 aliphatic carbocycles. The van der Waals surface area contributed by atoms with Crippen LogP contribution in [0.4, 0.5) is 5.82 Å². The summed E-state index contributed by atoms with van der Waals surface area (Å²) in [5.41, 5.74) is 2.26. The van der Waals surface area contributed by atoms with Gasteiger partial charge in [-0.2, -0.15) is 5.26 Å². The molecule has 2 aliphatic rings. The lowest BCUT2D eigenvalue weighted by Gasteiger charge is -2.37. The molecule has 0 spiro atoms. The highest BCUT2D eigenvalue weighted by atomic mass is 32.2. The Bertz CT molecular complexity index is 1340. The third-order valence-corrected chi connectivity index (χ3v) is 8.80. The van der Waals surface area contributed by atoms with E-state index in [1.165, 1.54) is 11.8 Å². The molecule has 1 atom stereocenters. The van der Waals surface area contributed by atoms with E-state index in [1.807, 2.05) is 50.3 Å². The van der Waals surface area contributed by atoms with Gasteiger partial charge in [0.05, 0.1) is 10.9 Å². The van der Waals surface area contributed by atoms with Gasteiger partial charge in [-0.25, -0.2) is 0 Å². The molecule has 200 valence electrons. The molecule has 1 unspecified atom stereocenters. The lowest BCUT2D eigenvalue weighted by atomic mass is 10.0. The highest BCUT2D eigenvalue weighted by Crippen LogP contribution is 2.39. The summed E-state index contributed by atoms with van der Waals surface area (Å²) in [6, 6.07) is 11.8. The molecule has 9 heteroatoms. The maximum absolute atomic E-state index is 13.7. The highest BCUT2D eigenvalue weighted by Gasteiger charge is 2.37. The van der Waals surface area contributed by atoms with Crippen LogP contribution in [0.15, 0.2) is 40.0 Å². The van der Waals surface area contributed by atoms with E-state index in [1.54, 1.807) is 9.47 Å². The number of thioether (sulfide) groups is 1. The molecule has 7 nitrogen and oxygen atoms in total. The normalized spacial score (nSPS) is 18.3. The van der Waals surface area contributed by atoms with Gasteiger partial charge < -0.3 is 9.80 Å². The molecule has 1 aromatic carbocycles. The quantitative estimate of drug-likeness (QED) is 0.341. The summed E-state index contributed by atoms with van der Waals surface area (Å²) in [7, 11) is 0. The maximum Gasteiger partial charge on any atom is 0.270 e. The zero-order valence-electron chi connectivity index (χ0n) is 22.6. The minimum atomic E-state index is -0.256. The third kappa shape index (κ3) is 5.44. The molecule has 2 saturated heterocycles. The van der Waals surface area contributed by atoms with E-state index in [4.69, 9.17) is 12.2 Å². The van der Waals surface area contributed by atoms with Crippen LogP contribution in [0.2, 0.25) is 0 Å². The summed E-state index contributed by atoms with van der Waals surface area (Å²) in [5.74, 6) is 0.652. The largest absolute Gasteiger partial charge is 0.355 e. The smallest absolute Gasteiger partial charge is 0.270 e. The van der Waals surface area contributed by atoms with Gasteiger partial charge in [-0.15, -0.1) is 0 Å². The number of thiocarbonyl (C=S) groups is 1. The number of carbonyl (C=O) groups is 1. The minimum Gasteiger partial charge on any atom is -0.355 e. The van der Waals surface area contributed by atoms with Crippen molar-refractivity contribution in [3.05, 3.63) is 67.8 Å². The van der Waals surface area contributed by atoms with Gasteiger partial charge in [0.1, 0.15) is 21.8 Å². The zero-order valence-corrected chi connectivity index (χ0v) is 24.2. The molecule has 0 bridgehead atoms. The summed E-state index contributed by atoms with van der Waals surface area (Å²) >= 11 is 6.94. The van der Waals surface area contributed by atoms with E-state index in [-0.39, 0.29) is 23.1 Å². The molecule has 0 N–H and O–H groups in total. The number of carbonyl (C=O) groups excluding carboxylic acids is 1. The van der Waals surface area contributed by atoms with Gasteiger partial charge in [-0.3, -0.25) is 19.1 Å². The van der Waals surface area contributed by atoms with Crippen LogP contribution in [0.1, 0.15) is 61.9 Å². The van der Waals surface area contributed by atoms with Gasteiger partial charge in [0, 0.05) is 38.3 Å². The van der Waals surface area contributed by atoms with Crippen molar-refractivity contribution >= 4 is 46.1 Å². The molecular weight excluding hydrogens is 514 g/mol. The lowest BCUT2D eigenvalue weighted by molar-refractivity contribution is -0.123. The maximum atomic E-state index is 13.7. The Morgan fingerprint density at radius 2 is 1.82 bits per heavy atom. The number of amides is 1. The minimum absolute atomic E-state index is 0.136. The van der Waals surface area contributed by atoms with Crippen LogP contribution in [0.3, 0.4) is 0 Å². The van der Waals surface area contributed by atoms with Crippen LogP contribution >= 0.6 is 24.0 Å². The van der Waals surface area contributed by atoms with Crippen molar-refractivity contribution in [1.82, 2.24) is 14.4 Å². The second-order valence-electron chi connectivity index (χ2n) is 9.72. The number of pyridine rings is 1. The van der Waals surface area contributed by atoms with Gasteiger partial charge in [0.25, 0.3) is 11.5 Å². The highest BCUT2D eigenvalue weighted by molar-refractivity contribution is 8.26. The second-order valence-corrected chi connectivity index (χ2v) is 11.4. The lowest BCUT2D eigenvalue weighted by Crippen LogP contribution is -2.48. The van der Waals surface area contributed by atoms with Gasteiger partial charge in [0.15, 0.2) is 0 Å². The van der Waals surface area contributed by atoms with Crippen LogP contribution in [-0.4, -0.2) is 57.3 Å². The van der Waals surface area contributed by atoms with E-state index in [9.17, 15) is 14.9 Å². The molecule has 4 rings (SSSR count). The molecule has 3 heterocycles. The van der Waals surface area contributed by atoms with E-state index >= 15 is 0 Å². The monoisotopic (exact) mass is 549 g/mol. The average Bonchev–Trinajstić information content (AvgIpc) is 3.22. The van der Waals surface area contributed by atoms with Crippen molar-refractivity contribution in [2.24, 2.45) is 0 Å². The number of benzene rings is 1. The first-order valence-corrected chi connectivity index (χ1v) is 14.5. The van der Waals surface area contributed by atoms with Crippen molar-refractivity contribution in [1.29, 1.82) is 5.26 Å². The number of anilines is 1. The number of piperazine rings is 1. The van der Waals surface area contributed by atoms with E-state index in [2.05, 4.69) is 29.7 Å². The van der Waals surface area contributed by atoms with Crippen LogP contribution in [0.25, 0.3) is 6.08 Å². The number of nitriles is 1. The fourth-order valence-corrected chi connectivity index (χ4v) is 6.51. The molecule has 38 heavy (non-hydrogen) atoms. The molecule has 2 fully saturated rings. The van der Waals surface area contributed by atoms with Crippen LogP contribution in [0.5, 0.6) is 0 Å². The van der Waals surface area contributed by atoms with Gasteiger partial charge in [0.2, 0.25) is 0 Å². The molecule has 0 radical (unpaired) electrons. The van der Waals surface area contributed by atoms with Crippen molar-refractivity contribution < 1.29 is 4.79 Å². The van der Waals surface area contributed by atoms with Gasteiger partial charge in [-0.05, 0) is 44.0 Å². The molecular formula is C29H35N5O2S2. The Morgan fingerprint density at radius 3 is 2.42 bits per heavy atom. The summed E-state index contributed by atoms with van der Waals surface area (Å²) in [4.78, 5) is 34.0. The SMILES string of the molecule is CCCCn1c(N2CCN(CC)CC2)c(C=C2SC(=S)N(C(C)c3ccccc3)C2=O)c(C)c(C#N)c1=O. The molecule has 2 aromatic rings. The second kappa shape index (κ2) is 12.3. The Labute approximate surface area is 234 Å². The fraction of sp³-hybridized carbons (Fsp3) is 0.448. The molecule has 0 saturated carbocycles. The van der Waals surface area contributed by atoms with Crippen molar-refractivity contribution in [3.8, 4) is 6.07 Å². The van der Waals surface area contributed by atoms with Crippen LogP contribution < -0.4 is 10.5 Å². The van der Waals surface area contributed by atoms with E-state index < -0.39 is 0 Å². The Morgan fingerprint density at radius 1 is 1.13 bits per heavy atom. The number of likely N-dealkylation sites (N-methyl/N-ethyl adjacent to an activating group) is 1. The molecule has 1 amide bonds. The fourth-order valence-electron chi connectivity index (χ4n) is 5.11. The zero-order chi connectivity index (χ0) is 27.4. The number of aromatic nitrogens is 1. The Kier molecular flexibility index (Phi) is 9.08. The van der Waals surface area contributed by atoms with Crippen molar-refractivity contribution in [2.45, 2.75) is 53.1 Å². The topological polar surface area (TPSA) is 72.6 Å². The third-order valence-electron chi connectivity index (χ3n) is 7.47. The number of nitrogens with zero attached hydrogens (tertiary/aromatic N) is 5.